The number of nitrogens with zero attached hydrogens (tertiary/aromatic N) is 2. The number of hydrogen-bond donors (Lipinski definition) is 0. The molecule has 13 rings (SSSR count). The van der Waals surface area contributed by atoms with E-state index in [0.29, 0.717) is 0 Å². The lowest BCUT2D eigenvalue weighted by atomic mass is 9.82. The maximum absolute atomic E-state index is 2.56. The number of aromatic nitrogens is 1. The van der Waals surface area contributed by atoms with E-state index < -0.39 is 0 Å². The molecule has 85 heavy (non-hydrogen) atoms. The van der Waals surface area contributed by atoms with E-state index >= 15 is 0 Å². The minimum atomic E-state index is -0.114. The predicted octanol–water partition coefficient (Wildman–Crippen LogP) is 23.8. The minimum absolute atomic E-state index is 0.114. The summed E-state index contributed by atoms with van der Waals surface area (Å²) in [5.41, 5.74) is 30.4. The van der Waals surface area contributed by atoms with E-state index in [2.05, 4.69) is 294 Å². The van der Waals surface area contributed by atoms with Crippen molar-refractivity contribution < 1.29 is 0 Å². The minimum Gasteiger partial charge on any atom is -0.310 e. The Morgan fingerprint density at radius 3 is 1.49 bits per heavy atom. The van der Waals surface area contributed by atoms with Gasteiger partial charge in [-0.2, -0.15) is 0 Å². The molecule has 2 heteroatoms. The van der Waals surface area contributed by atoms with Crippen LogP contribution in [-0.2, 0) is 18.3 Å². The number of unbranched alkanes of at least 4 members (excludes halogenated alkanes) is 6. The summed E-state index contributed by atoms with van der Waals surface area (Å²) in [5.74, 6) is 0. The molecule has 1 aromatic heterocycles. The highest BCUT2D eigenvalue weighted by Crippen LogP contribution is 2.51. The molecular formula is C83H78N2. The summed E-state index contributed by atoms with van der Waals surface area (Å²) >= 11 is 0. The number of rotatable bonds is 19. The maximum atomic E-state index is 2.56. The van der Waals surface area contributed by atoms with Crippen LogP contribution in [-0.4, -0.2) is 4.57 Å². The van der Waals surface area contributed by atoms with Gasteiger partial charge in [0, 0.05) is 38.9 Å². The third-order valence-electron chi connectivity index (χ3n) is 18.3. The number of hydrogen-bond acceptors (Lipinski definition) is 1. The van der Waals surface area contributed by atoms with E-state index in [-0.39, 0.29) is 5.41 Å². The summed E-state index contributed by atoms with van der Waals surface area (Å²) in [6.45, 7) is 13.8. The molecule has 0 radical (unpaired) electrons. The summed E-state index contributed by atoms with van der Waals surface area (Å²) in [4.78, 5) is 2.42. The van der Waals surface area contributed by atoms with E-state index in [1.165, 1.54) is 179 Å². The Labute approximate surface area is 505 Å². The maximum Gasteiger partial charge on any atom is 0.0541 e. The van der Waals surface area contributed by atoms with Gasteiger partial charge in [-0.25, -0.2) is 0 Å². The third kappa shape index (κ3) is 11.0. The van der Waals surface area contributed by atoms with Gasteiger partial charge in [0.15, 0.2) is 0 Å². The Hall–Kier alpha value is -8.98. The first-order chi connectivity index (χ1) is 41.6. The van der Waals surface area contributed by atoms with Gasteiger partial charge in [-0.05, 0) is 201 Å². The van der Waals surface area contributed by atoms with Crippen molar-refractivity contribution in [1.82, 2.24) is 4.57 Å². The average Bonchev–Trinajstić information content (AvgIpc) is 2.36. The van der Waals surface area contributed by atoms with Crippen LogP contribution in [0.3, 0.4) is 0 Å². The first-order valence-corrected chi connectivity index (χ1v) is 31.4. The molecule has 12 aromatic rings. The highest BCUT2D eigenvalue weighted by Gasteiger charge is 2.36. The zero-order chi connectivity index (χ0) is 58.0. The van der Waals surface area contributed by atoms with Crippen LogP contribution in [0.2, 0.25) is 0 Å². The zero-order valence-corrected chi connectivity index (χ0v) is 50.6. The van der Waals surface area contributed by atoms with E-state index in [9.17, 15) is 0 Å². The Balaban J connectivity index is 0.828. The second-order valence-electron chi connectivity index (χ2n) is 24.6. The summed E-state index contributed by atoms with van der Waals surface area (Å²) in [6, 6.07) is 91.7. The Bertz CT molecular complexity index is 4330. The second kappa shape index (κ2) is 23.9. The van der Waals surface area contributed by atoms with Gasteiger partial charge in [-0.3, -0.25) is 0 Å². The second-order valence-corrected chi connectivity index (χ2v) is 24.6. The molecule has 1 aliphatic carbocycles. The Kier molecular flexibility index (Phi) is 15.6. The van der Waals surface area contributed by atoms with Crippen LogP contribution >= 0.6 is 0 Å². The van der Waals surface area contributed by atoms with Gasteiger partial charge in [0.25, 0.3) is 0 Å². The third-order valence-corrected chi connectivity index (χ3v) is 18.3. The summed E-state index contributed by atoms with van der Waals surface area (Å²) in [7, 11) is 0. The van der Waals surface area contributed by atoms with Crippen molar-refractivity contribution in [3.8, 4) is 72.4 Å². The van der Waals surface area contributed by atoms with E-state index in [1.54, 1.807) is 0 Å². The SMILES string of the molecule is CCCCCCc1cc(-c2ccc(-c3cc(C)cc(-n4c5ccccc5c5cc(-c6ccc(N(c7ccc(-c8ccccc8)cc7)c7ccc8c(c7)C(C)(C)c7ccccc7-8)cc6)ccc54)c3)cc2)c(CCCCCC)cc1-c1ccc(C)cc1. The molecule has 1 heterocycles. The molecule has 420 valence electrons. The van der Waals surface area contributed by atoms with Crippen molar-refractivity contribution in [1.29, 1.82) is 0 Å². The summed E-state index contributed by atoms with van der Waals surface area (Å²) < 4.78 is 2.47. The molecule has 0 unspecified atom stereocenters. The number of para-hydroxylation sites is 1. The molecule has 11 aromatic carbocycles. The standard InChI is InChI=1S/C83H78N2/c1-7-9-11-14-24-66-55-77(67(25-15-12-10-8-2)54-76(66)63-32-30-57(3)31-33-63)64-36-34-62(35-37-64)68-50-58(4)51-72(52-68)85-81-29-21-19-27-75(81)78-53-65(42-49-82(78)85)61-40-45-70(46-41-61)84(69-43-38-60(39-44-69)59-22-16-13-17-23-59)71-47-48-74-73-26-18-20-28-79(73)83(5,6)80(74)56-71/h13,16-23,26-56H,7-12,14-15,24-25H2,1-6H3. The molecular weight excluding hydrogens is 1020 g/mol. The van der Waals surface area contributed by atoms with E-state index in [0.717, 1.165) is 29.9 Å². The smallest absolute Gasteiger partial charge is 0.0541 e. The van der Waals surface area contributed by atoms with Crippen LogP contribution in [0.15, 0.2) is 243 Å². The lowest BCUT2D eigenvalue weighted by molar-refractivity contribution is 0.660. The quantitative estimate of drug-likeness (QED) is 0.0733. The van der Waals surface area contributed by atoms with E-state index in [4.69, 9.17) is 0 Å². The van der Waals surface area contributed by atoms with Gasteiger partial charge in [-0.1, -0.05) is 248 Å². The summed E-state index contributed by atoms with van der Waals surface area (Å²) in [6.07, 6.45) is 12.2. The highest BCUT2D eigenvalue weighted by atomic mass is 15.1. The summed E-state index contributed by atoms with van der Waals surface area (Å²) in [5, 5.41) is 2.49. The van der Waals surface area contributed by atoms with Gasteiger partial charge in [-0.15, -0.1) is 0 Å². The molecule has 2 nitrogen and oxygen atoms in total. The molecule has 1 aliphatic rings. The lowest BCUT2D eigenvalue weighted by Gasteiger charge is -2.28. The lowest BCUT2D eigenvalue weighted by Crippen LogP contribution is -2.16. The molecule has 0 saturated carbocycles. The van der Waals surface area contributed by atoms with Crippen molar-refractivity contribution in [3.63, 3.8) is 0 Å². The van der Waals surface area contributed by atoms with Crippen molar-refractivity contribution in [2.24, 2.45) is 0 Å². The molecule has 0 saturated heterocycles. The fourth-order valence-corrected chi connectivity index (χ4v) is 13.7. The van der Waals surface area contributed by atoms with Crippen molar-refractivity contribution in [2.75, 3.05) is 4.90 Å². The van der Waals surface area contributed by atoms with Crippen LogP contribution in [0.25, 0.3) is 94.3 Å². The van der Waals surface area contributed by atoms with Crippen molar-refractivity contribution >= 4 is 38.9 Å². The van der Waals surface area contributed by atoms with Gasteiger partial charge in [0.2, 0.25) is 0 Å². The van der Waals surface area contributed by atoms with Crippen molar-refractivity contribution in [2.45, 2.75) is 111 Å². The predicted molar refractivity (Wildman–Crippen MR) is 365 cm³/mol. The molecule has 0 amide bonds. The van der Waals surface area contributed by atoms with Gasteiger partial charge in [0.05, 0.1) is 11.0 Å². The number of benzene rings is 11. The average molecular weight is 1100 g/mol. The van der Waals surface area contributed by atoms with Crippen LogP contribution in [0.1, 0.15) is 112 Å². The highest BCUT2D eigenvalue weighted by molar-refractivity contribution is 6.10. The van der Waals surface area contributed by atoms with Gasteiger partial charge < -0.3 is 9.47 Å². The van der Waals surface area contributed by atoms with Crippen LogP contribution in [0, 0.1) is 13.8 Å². The number of fused-ring (bicyclic) bond motifs is 6. The molecule has 0 aliphatic heterocycles. The van der Waals surface area contributed by atoms with Crippen LogP contribution in [0.5, 0.6) is 0 Å². The van der Waals surface area contributed by atoms with E-state index in [1.807, 2.05) is 0 Å². The fourth-order valence-electron chi connectivity index (χ4n) is 13.7. The Morgan fingerprint density at radius 2 is 0.835 bits per heavy atom. The molecule has 0 spiro atoms. The van der Waals surface area contributed by atoms with Crippen LogP contribution in [0.4, 0.5) is 17.1 Å². The topological polar surface area (TPSA) is 8.17 Å². The normalized spacial score (nSPS) is 12.4. The fraction of sp³-hybridized carbons (Fsp3) is 0.205. The van der Waals surface area contributed by atoms with Gasteiger partial charge >= 0.3 is 0 Å². The molecule has 0 atom stereocenters. The van der Waals surface area contributed by atoms with Crippen LogP contribution < -0.4 is 4.90 Å². The largest absolute Gasteiger partial charge is 0.310 e. The Morgan fingerprint density at radius 1 is 0.329 bits per heavy atom. The molecule has 0 N–H and O–H groups in total. The van der Waals surface area contributed by atoms with Gasteiger partial charge in [0.1, 0.15) is 0 Å². The first-order valence-electron chi connectivity index (χ1n) is 31.4. The first kappa shape index (κ1) is 55.2. The zero-order valence-electron chi connectivity index (χ0n) is 50.6. The molecule has 0 fully saturated rings. The van der Waals surface area contributed by atoms with Crippen molar-refractivity contribution in [3.05, 3.63) is 276 Å². The number of aryl methyl sites for hydroxylation is 4. The monoisotopic (exact) mass is 1100 g/mol. The molecule has 0 bridgehead atoms. The number of anilines is 3.